The highest BCUT2D eigenvalue weighted by atomic mass is 35.5. The lowest BCUT2D eigenvalue weighted by atomic mass is 10.1. The third-order valence-corrected chi connectivity index (χ3v) is 4.46. The molecule has 124 valence electrons. The fourth-order valence-corrected chi connectivity index (χ4v) is 3.52. The molecule has 4 unspecified atom stereocenters. The molecule has 0 radical (unpaired) electrons. The van der Waals surface area contributed by atoms with Gasteiger partial charge in [-0.2, -0.15) is 9.97 Å². The van der Waals surface area contributed by atoms with E-state index in [4.69, 9.17) is 31.5 Å². The zero-order chi connectivity index (χ0) is 16.4. The van der Waals surface area contributed by atoms with Crippen LogP contribution in [0.2, 0.25) is 5.15 Å². The third kappa shape index (κ3) is 2.28. The number of hydrogen-bond donors (Lipinski definition) is 1. The van der Waals surface area contributed by atoms with E-state index in [-0.39, 0.29) is 29.4 Å². The highest BCUT2D eigenvalue weighted by Gasteiger charge is 2.55. The van der Waals surface area contributed by atoms with E-state index in [2.05, 4.69) is 21.9 Å². The minimum absolute atomic E-state index is 0.0566. The molecule has 23 heavy (non-hydrogen) atoms. The number of nitrogens with zero attached hydrogens (tertiary/aromatic N) is 4. The van der Waals surface area contributed by atoms with Gasteiger partial charge in [0.25, 0.3) is 0 Å². The van der Waals surface area contributed by atoms with Crippen molar-refractivity contribution >= 4 is 28.7 Å². The summed E-state index contributed by atoms with van der Waals surface area (Å²) in [5, 5.41) is 0.219. The molecule has 2 N–H and O–H groups in total. The maximum Gasteiger partial charge on any atom is 0.223 e. The van der Waals surface area contributed by atoms with Crippen LogP contribution in [0.3, 0.4) is 0 Å². The molecular formula is C14H18ClN5O3. The number of fused-ring (bicyclic) bond motifs is 2. The van der Waals surface area contributed by atoms with Crippen molar-refractivity contribution in [3.8, 4) is 0 Å². The van der Waals surface area contributed by atoms with Gasteiger partial charge in [0.2, 0.25) is 5.95 Å². The summed E-state index contributed by atoms with van der Waals surface area (Å²) in [6, 6.07) is 0. The van der Waals surface area contributed by atoms with Gasteiger partial charge in [-0.3, -0.25) is 4.57 Å². The Kier molecular flexibility index (Phi) is 3.28. The monoisotopic (exact) mass is 339 g/mol. The van der Waals surface area contributed by atoms with Gasteiger partial charge < -0.3 is 19.9 Å². The molecule has 0 aliphatic carbocycles. The minimum Gasteiger partial charge on any atom is -0.368 e. The SMILES string of the molecule is CCC1OC(n2cnc3c(Cl)nc(N)nc32)C2OC(C)(C)OC12. The second-order valence-electron chi connectivity index (χ2n) is 6.23. The average molecular weight is 340 g/mol. The van der Waals surface area contributed by atoms with E-state index in [1.807, 2.05) is 13.8 Å². The van der Waals surface area contributed by atoms with E-state index in [1.54, 1.807) is 10.9 Å². The van der Waals surface area contributed by atoms with E-state index < -0.39 is 12.0 Å². The Hall–Kier alpha value is -1.48. The van der Waals surface area contributed by atoms with Crippen LogP contribution >= 0.6 is 11.6 Å². The first-order valence-electron chi connectivity index (χ1n) is 7.56. The Morgan fingerprint density at radius 3 is 2.78 bits per heavy atom. The normalized spacial score (nSPS) is 32.5. The molecule has 9 heteroatoms. The van der Waals surface area contributed by atoms with Gasteiger partial charge in [-0.15, -0.1) is 0 Å². The van der Waals surface area contributed by atoms with Crippen LogP contribution in [-0.2, 0) is 14.2 Å². The number of rotatable bonds is 2. The molecule has 2 aliphatic rings. The van der Waals surface area contributed by atoms with Gasteiger partial charge in [-0.05, 0) is 20.3 Å². The molecular weight excluding hydrogens is 322 g/mol. The van der Waals surface area contributed by atoms with Gasteiger partial charge in [0.05, 0.1) is 12.4 Å². The Morgan fingerprint density at radius 2 is 2.04 bits per heavy atom. The highest BCUT2D eigenvalue weighted by molar-refractivity contribution is 6.33. The first-order chi connectivity index (χ1) is 10.9. The van der Waals surface area contributed by atoms with Crippen LogP contribution in [0.15, 0.2) is 6.33 Å². The van der Waals surface area contributed by atoms with E-state index in [0.717, 1.165) is 6.42 Å². The molecule has 0 saturated carbocycles. The Labute approximate surface area is 137 Å². The summed E-state index contributed by atoms with van der Waals surface area (Å²) in [6.07, 6.45) is 1.61. The molecule has 0 amide bonds. The summed E-state index contributed by atoms with van der Waals surface area (Å²) in [7, 11) is 0. The van der Waals surface area contributed by atoms with Crippen LogP contribution in [-0.4, -0.2) is 43.6 Å². The molecule has 8 nitrogen and oxygen atoms in total. The van der Waals surface area contributed by atoms with Crippen molar-refractivity contribution in [2.45, 2.75) is 57.5 Å². The fraction of sp³-hybridized carbons (Fsp3) is 0.643. The van der Waals surface area contributed by atoms with Crippen molar-refractivity contribution in [2.75, 3.05) is 5.73 Å². The lowest BCUT2D eigenvalue weighted by Gasteiger charge is -2.24. The van der Waals surface area contributed by atoms with Gasteiger partial charge in [-0.25, -0.2) is 4.98 Å². The highest BCUT2D eigenvalue weighted by Crippen LogP contribution is 2.44. The number of imidazole rings is 1. The van der Waals surface area contributed by atoms with Gasteiger partial charge in [-0.1, -0.05) is 18.5 Å². The van der Waals surface area contributed by atoms with E-state index >= 15 is 0 Å². The second kappa shape index (κ2) is 5.01. The van der Waals surface area contributed by atoms with Crippen LogP contribution in [0.1, 0.15) is 33.4 Å². The zero-order valence-corrected chi connectivity index (χ0v) is 13.8. The van der Waals surface area contributed by atoms with Crippen molar-refractivity contribution in [3.05, 3.63) is 11.5 Å². The standard InChI is InChI=1S/C14H18ClN5O3/c1-4-6-8-9(23-14(2,3)22-8)12(21-6)20-5-17-7-10(15)18-13(16)19-11(7)20/h5-6,8-9,12H,4H2,1-3H3,(H2,16,18,19). The molecule has 0 bridgehead atoms. The third-order valence-electron chi connectivity index (χ3n) is 4.20. The van der Waals surface area contributed by atoms with Crippen molar-refractivity contribution in [1.82, 2.24) is 19.5 Å². The number of anilines is 1. The number of nitrogen functional groups attached to an aromatic ring is 1. The number of halogens is 1. The molecule has 0 spiro atoms. The van der Waals surface area contributed by atoms with Gasteiger partial charge in [0.15, 0.2) is 22.8 Å². The molecule has 4 atom stereocenters. The summed E-state index contributed by atoms with van der Waals surface area (Å²) in [6.45, 7) is 5.86. The Morgan fingerprint density at radius 1 is 1.30 bits per heavy atom. The zero-order valence-electron chi connectivity index (χ0n) is 13.1. The number of ether oxygens (including phenoxy) is 3. The fourth-order valence-electron chi connectivity index (χ4n) is 3.30. The van der Waals surface area contributed by atoms with Crippen LogP contribution in [0.5, 0.6) is 0 Å². The first-order valence-corrected chi connectivity index (χ1v) is 7.94. The summed E-state index contributed by atoms with van der Waals surface area (Å²) < 4.78 is 20.0. The second-order valence-corrected chi connectivity index (χ2v) is 6.59. The summed E-state index contributed by atoms with van der Waals surface area (Å²) in [4.78, 5) is 12.5. The summed E-state index contributed by atoms with van der Waals surface area (Å²) in [5.41, 5.74) is 6.72. The Balaban J connectivity index is 1.79. The van der Waals surface area contributed by atoms with E-state index in [0.29, 0.717) is 11.2 Å². The molecule has 2 aliphatic heterocycles. The molecule has 4 heterocycles. The van der Waals surface area contributed by atoms with Gasteiger partial charge in [0, 0.05) is 0 Å². The van der Waals surface area contributed by atoms with Crippen molar-refractivity contribution in [3.63, 3.8) is 0 Å². The summed E-state index contributed by atoms with van der Waals surface area (Å²) >= 11 is 6.09. The van der Waals surface area contributed by atoms with E-state index in [1.165, 1.54) is 0 Å². The van der Waals surface area contributed by atoms with Crippen LogP contribution in [0.25, 0.3) is 11.2 Å². The van der Waals surface area contributed by atoms with Crippen molar-refractivity contribution in [1.29, 1.82) is 0 Å². The quantitative estimate of drug-likeness (QED) is 0.834. The van der Waals surface area contributed by atoms with E-state index in [9.17, 15) is 0 Å². The minimum atomic E-state index is -0.646. The Bertz CT molecular complexity index is 764. The molecule has 0 aromatic carbocycles. The number of hydrogen-bond acceptors (Lipinski definition) is 7. The van der Waals surface area contributed by atoms with Gasteiger partial charge in [0.1, 0.15) is 17.7 Å². The maximum atomic E-state index is 6.13. The molecule has 4 rings (SSSR count). The largest absolute Gasteiger partial charge is 0.368 e. The lowest BCUT2D eigenvalue weighted by Crippen LogP contribution is -2.28. The maximum absolute atomic E-state index is 6.13. The average Bonchev–Trinajstić information content (AvgIpc) is 3.09. The molecule has 2 fully saturated rings. The van der Waals surface area contributed by atoms with Crippen LogP contribution in [0, 0.1) is 0 Å². The summed E-state index contributed by atoms with van der Waals surface area (Å²) in [5.74, 6) is -0.554. The first kappa shape index (κ1) is 15.1. The van der Waals surface area contributed by atoms with Crippen LogP contribution in [0.4, 0.5) is 5.95 Å². The smallest absolute Gasteiger partial charge is 0.223 e. The lowest BCUT2D eigenvalue weighted by molar-refractivity contribution is -0.196. The number of nitrogens with two attached hydrogens (primary N) is 1. The predicted molar refractivity (Wildman–Crippen MR) is 82.8 cm³/mol. The molecule has 2 saturated heterocycles. The predicted octanol–water partition coefficient (Wildman–Crippen LogP) is 1.89. The van der Waals surface area contributed by atoms with Crippen LogP contribution < -0.4 is 5.73 Å². The molecule has 2 aromatic rings. The molecule has 2 aromatic heterocycles. The van der Waals surface area contributed by atoms with Gasteiger partial charge >= 0.3 is 0 Å². The number of aromatic nitrogens is 4. The topological polar surface area (TPSA) is 97.3 Å². The van der Waals surface area contributed by atoms with Crippen molar-refractivity contribution in [2.24, 2.45) is 0 Å². The van der Waals surface area contributed by atoms with Crippen molar-refractivity contribution < 1.29 is 14.2 Å².